The number of amides is 1. The topological polar surface area (TPSA) is 73.4 Å². The van der Waals surface area contributed by atoms with Gasteiger partial charge in [-0.05, 0) is 29.7 Å². The van der Waals surface area contributed by atoms with Crippen LogP contribution in [0.3, 0.4) is 0 Å². The monoisotopic (exact) mass is 424 g/mol. The molecule has 1 aliphatic heterocycles. The van der Waals surface area contributed by atoms with Crippen molar-refractivity contribution in [3.8, 4) is 0 Å². The van der Waals surface area contributed by atoms with Gasteiger partial charge in [-0.15, -0.1) is 11.3 Å². The van der Waals surface area contributed by atoms with E-state index in [1.165, 1.54) is 11.3 Å². The first-order chi connectivity index (χ1) is 14.4. The SMILES string of the molecule is CC(C)c1c(C(=O)N(C)C)sc2cnc(Nc3ccc(N4CCNCC4)cn3)cc12. The first kappa shape index (κ1) is 20.6. The van der Waals surface area contributed by atoms with E-state index < -0.39 is 0 Å². The number of aromatic nitrogens is 2. The molecule has 0 aliphatic carbocycles. The summed E-state index contributed by atoms with van der Waals surface area (Å²) in [5.74, 6) is 1.77. The summed E-state index contributed by atoms with van der Waals surface area (Å²) in [4.78, 5) is 26.5. The maximum atomic E-state index is 12.7. The van der Waals surface area contributed by atoms with Crippen LogP contribution in [0.15, 0.2) is 30.6 Å². The number of anilines is 3. The third kappa shape index (κ3) is 4.11. The number of piperazine rings is 1. The smallest absolute Gasteiger partial charge is 0.263 e. The van der Waals surface area contributed by atoms with Crippen molar-refractivity contribution in [1.82, 2.24) is 20.2 Å². The molecule has 1 fully saturated rings. The van der Waals surface area contributed by atoms with Crippen LogP contribution in [0, 0.1) is 0 Å². The molecule has 0 unspecified atom stereocenters. The van der Waals surface area contributed by atoms with Crippen LogP contribution in [0.4, 0.5) is 17.3 Å². The summed E-state index contributed by atoms with van der Waals surface area (Å²) in [5.41, 5.74) is 2.22. The molecular weight excluding hydrogens is 396 g/mol. The van der Waals surface area contributed by atoms with Crippen molar-refractivity contribution < 1.29 is 4.79 Å². The first-order valence-corrected chi connectivity index (χ1v) is 11.1. The molecule has 0 radical (unpaired) electrons. The molecule has 4 rings (SSSR count). The standard InChI is InChI=1S/C22H28N6OS/c1-14(2)20-16-11-19(25-13-17(16)30-21(20)22(29)27(3)4)26-18-6-5-15(12-24-18)28-9-7-23-8-10-28/h5-6,11-14,23H,7-10H2,1-4H3,(H,24,25,26). The fourth-order valence-corrected chi connectivity index (χ4v) is 5.06. The number of rotatable bonds is 5. The molecule has 7 nitrogen and oxygen atoms in total. The Kier molecular flexibility index (Phi) is 5.87. The van der Waals surface area contributed by atoms with Crippen molar-refractivity contribution in [3.63, 3.8) is 0 Å². The third-order valence-electron chi connectivity index (χ3n) is 5.28. The Morgan fingerprint density at radius 1 is 1.17 bits per heavy atom. The summed E-state index contributed by atoms with van der Waals surface area (Å²) in [6, 6.07) is 6.11. The van der Waals surface area contributed by atoms with Crippen LogP contribution in [0.5, 0.6) is 0 Å². The second-order valence-electron chi connectivity index (χ2n) is 8.03. The van der Waals surface area contributed by atoms with Gasteiger partial charge < -0.3 is 20.4 Å². The quantitative estimate of drug-likeness (QED) is 0.651. The maximum absolute atomic E-state index is 12.7. The minimum absolute atomic E-state index is 0.0413. The molecule has 158 valence electrons. The number of hydrogen-bond donors (Lipinski definition) is 2. The van der Waals surface area contributed by atoms with Crippen LogP contribution in [0.1, 0.15) is 35.0 Å². The van der Waals surface area contributed by atoms with Crippen molar-refractivity contribution >= 4 is 44.7 Å². The van der Waals surface area contributed by atoms with E-state index in [0.717, 1.165) is 64.0 Å². The zero-order chi connectivity index (χ0) is 21.3. The fraction of sp³-hybridized carbons (Fsp3) is 0.409. The van der Waals surface area contributed by atoms with E-state index in [1.807, 2.05) is 24.5 Å². The number of carbonyl (C=O) groups excluding carboxylic acids is 1. The average Bonchev–Trinajstić information content (AvgIpc) is 3.13. The highest BCUT2D eigenvalue weighted by atomic mass is 32.1. The number of fused-ring (bicyclic) bond motifs is 1. The number of hydrogen-bond acceptors (Lipinski definition) is 7. The number of nitrogens with zero attached hydrogens (tertiary/aromatic N) is 4. The molecule has 4 heterocycles. The lowest BCUT2D eigenvalue weighted by atomic mass is 9.99. The highest BCUT2D eigenvalue weighted by molar-refractivity contribution is 7.21. The van der Waals surface area contributed by atoms with Gasteiger partial charge in [-0.2, -0.15) is 0 Å². The minimum atomic E-state index is 0.0413. The first-order valence-electron chi connectivity index (χ1n) is 10.3. The van der Waals surface area contributed by atoms with Crippen LogP contribution >= 0.6 is 11.3 Å². The van der Waals surface area contributed by atoms with E-state index in [0.29, 0.717) is 0 Å². The summed E-state index contributed by atoms with van der Waals surface area (Å²) in [6.45, 7) is 8.24. The van der Waals surface area contributed by atoms with E-state index in [2.05, 4.69) is 45.4 Å². The molecule has 0 aromatic carbocycles. The molecule has 1 amide bonds. The Balaban J connectivity index is 1.60. The van der Waals surface area contributed by atoms with Gasteiger partial charge in [-0.25, -0.2) is 9.97 Å². The second kappa shape index (κ2) is 8.57. The average molecular weight is 425 g/mol. The summed E-state index contributed by atoms with van der Waals surface area (Å²) < 4.78 is 1.02. The Morgan fingerprint density at radius 3 is 2.53 bits per heavy atom. The molecule has 30 heavy (non-hydrogen) atoms. The maximum Gasteiger partial charge on any atom is 0.263 e. The molecular formula is C22H28N6OS. The fourth-order valence-electron chi connectivity index (χ4n) is 3.73. The highest BCUT2D eigenvalue weighted by Gasteiger charge is 2.22. The Morgan fingerprint density at radius 2 is 1.90 bits per heavy atom. The van der Waals surface area contributed by atoms with Gasteiger partial charge >= 0.3 is 0 Å². The lowest BCUT2D eigenvalue weighted by Gasteiger charge is -2.29. The van der Waals surface area contributed by atoms with E-state index in [9.17, 15) is 4.79 Å². The highest BCUT2D eigenvalue weighted by Crippen LogP contribution is 2.37. The van der Waals surface area contributed by atoms with Gasteiger partial charge in [0.2, 0.25) is 0 Å². The van der Waals surface area contributed by atoms with Crippen LogP contribution in [0.2, 0.25) is 0 Å². The molecule has 8 heteroatoms. The molecule has 1 aliphatic rings. The van der Waals surface area contributed by atoms with E-state index in [1.54, 1.807) is 19.0 Å². The zero-order valence-electron chi connectivity index (χ0n) is 17.9. The van der Waals surface area contributed by atoms with E-state index in [4.69, 9.17) is 0 Å². The van der Waals surface area contributed by atoms with Crippen LogP contribution < -0.4 is 15.5 Å². The molecule has 0 saturated carbocycles. The van der Waals surface area contributed by atoms with Gasteiger partial charge in [-0.1, -0.05) is 13.8 Å². The molecule has 2 N–H and O–H groups in total. The Hall–Kier alpha value is -2.71. The molecule has 0 spiro atoms. The lowest BCUT2D eigenvalue weighted by Crippen LogP contribution is -2.43. The minimum Gasteiger partial charge on any atom is -0.368 e. The number of nitrogens with one attached hydrogen (secondary N) is 2. The van der Waals surface area contributed by atoms with Crippen LogP contribution in [-0.4, -0.2) is 61.0 Å². The molecule has 0 atom stereocenters. The zero-order valence-corrected chi connectivity index (χ0v) is 18.7. The van der Waals surface area contributed by atoms with Gasteiger partial charge in [0.05, 0.1) is 21.5 Å². The lowest BCUT2D eigenvalue weighted by molar-refractivity contribution is 0.0831. The van der Waals surface area contributed by atoms with Gasteiger partial charge in [0.25, 0.3) is 5.91 Å². The van der Waals surface area contributed by atoms with E-state index in [-0.39, 0.29) is 11.8 Å². The number of pyridine rings is 2. The van der Waals surface area contributed by atoms with Crippen molar-refractivity contribution in [2.24, 2.45) is 0 Å². The van der Waals surface area contributed by atoms with Gasteiger partial charge in [0.1, 0.15) is 11.6 Å². The summed E-state index contributed by atoms with van der Waals surface area (Å²) in [6.07, 6.45) is 3.75. The van der Waals surface area contributed by atoms with Gasteiger partial charge in [0.15, 0.2) is 0 Å². The van der Waals surface area contributed by atoms with Crippen LogP contribution in [-0.2, 0) is 0 Å². The second-order valence-corrected chi connectivity index (χ2v) is 9.08. The third-order valence-corrected chi connectivity index (χ3v) is 6.42. The molecule has 3 aromatic rings. The molecule has 1 saturated heterocycles. The van der Waals surface area contributed by atoms with Crippen molar-refractivity contribution in [1.29, 1.82) is 0 Å². The van der Waals surface area contributed by atoms with Crippen molar-refractivity contribution in [3.05, 3.63) is 41.0 Å². The van der Waals surface area contributed by atoms with Crippen molar-refractivity contribution in [2.45, 2.75) is 19.8 Å². The predicted octanol–water partition coefficient (Wildman–Crippen LogP) is 3.67. The molecule has 0 bridgehead atoms. The van der Waals surface area contributed by atoms with E-state index >= 15 is 0 Å². The Bertz CT molecular complexity index is 1040. The summed E-state index contributed by atoms with van der Waals surface area (Å²) >= 11 is 1.51. The summed E-state index contributed by atoms with van der Waals surface area (Å²) in [7, 11) is 3.58. The van der Waals surface area contributed by atoms with Crippen molar-refractivity contribution in [2.75, 3.05) is 50.5 Å². The summed E-state index contributed by atoms with van der Waals surface area (Å²) in [5, 5.41) is 7.75. The van der Waals surface area contributed by atoms with Gasteiger partial charge in [-0.3, -0.25) is 4.79 Å². The van der Waals surface area contributed by atoms with Crippen LogP contribution in [0.25, 0.3) is 10.1 Å². The number of carbonyl (C=O) groups is 1. The number of thiophene rings is 1. The largest absolute Gasteiger partial charge is 0.368 e. The normalized spacial score (nSPS) is 14.4. The molecule has 3 aromatic heterocycles. The predicted molar refractivity (Wildman–Crippen MR) is 124 cm³/mol. The van der Waals surface area contributed by atoms with Gasteiger partial charge in [0, 0.05) is 51.9 Å². The Labute approximate surface area is 181 Å².